The first kappa shape index (κ1) is 23.9. The number of hydrogen-bond acceptors (Lipinski definition) is 1. The van der Waals surface area contributed by atoms with Crippen molar-refractivity contribution >= 4 is 50.4 Å². The predicted octanol–water partition coefficient (Wildman–Crippen LogP) is 8.86. The molecule has 0 aromatic heterocycles. The van der Waals surface area contributed by atoms with Gasteiger partial charge in [-0.25, -0.2) is 0 Å². The second-order valence-electron chi connectivity index (χ2n) is 7.28. The van der Waals surface area contributed by atoms with Gasteiger partial charge in [-0.3, -0.25) is 0 Å². The summed E-state index contributed by atoms with van der Waals surface area (Å²) in [5, 5.41) is 0. The fraction of sp³-hybridized carbons (Fsp3) is 0.857. The van der Waals surface area contributed by atoms with Gasteiger partial charge in [-0.1, -0.05) is 39.0 Å². The van der Waals surface area contributed by atoms with Crippen LogP contribution in [0.4, 0.5) is 0 Å². The van der Waals surface area contributed by atoms with E-state index in [2.05, 4.69) is 49.6 Å². The Balaban J connectivity index is 1.79. The van der Waals surface area contributed by atoms with Crippen molar-refractivity contribution in [3.8, 4) is 0 Å². The van der Waals surface area contributed by atoms with E-state index in [0.717, 1.165) is 4.61 Å². The minimum absolute atomic E-state index is 0.772. The van der Waals surface area contributed by atoms with E-state index in [1.165, 1.54) is 111 Å². The predicted molar refractivity (Wildman–Crippen MR) is 123 cm³/mol. The average Bonchev–Trinajstić information content (AvgIpc) is 2.85. The average molecular weight is 543 g/mol. The molecule has 1 radical (unpaired) electrons. The van der Waals surface area contributed by atoms with Crippen molar-refractivity contribution < 1.29 is 0 Å². The third-order valence-electron chi connectivity index (χ3n) is 5.00. The SMILES string of the molecule is CCCCCCCCCCCCCCCCCC1=NC(Br)=C(Br)[Se]1C. The van der Waals surface area contributed by atoms with Crippen molar-refractivity contribution in [2.24, 2.45) is 4.99 Å². The molecule has 1 aliphatic heterocycles. The van der Waals surface area contributed by atoms with Gasteiger partial charge in [-0.2, -0.15) is 0 Å². The topological polar surface area (TPSA) is 12.4 Å². The van der Waals surface area contributed by atoms with Crippen LogP contribution in [0.5, 0.6) is 0 Å². The number of halogens is 2. The summed E-state index contributed by atoms with van der Waals surface area (Å²) >= 11 is 6.45. The van der Waals surface area contributed by atoms with Crippen LogP contribution >= 0.6 is 31.9 Å². The summed E-state index contributed by atoms with van der Waals surface area (Å²) in [5.41, 5.74) is 0. The van der Waals surface area contributed by atoms with Gasteiger partial charge in [0, 0.05) is 0 Å². The number of nitrogens with zero attached hydrogens (tertiary/aromatic N) is 1. The molecule has 1 nitrogen and oxygen atoms in total. The van der Waals surface area contributed by atoms with Gasteiger partial charge in [0.1, 0.15) is 0 Å². The van der Waals surface area contributed by atoms with E-state index in [1.54, 1.807) is 0 Å². The summed E-state index contributed by atoms with van der Waals surface area (Å²) in [6, 6.07) is 0. The van der Waals surface area contributed by atoms with E-state index in [1.807, 2.05) is 0 Å². The van der Waals surface area contributed by atoms with Crippen molar-refractivity contribution in [2.45, 2.75) is 115 Å². The zero-order valence-corrected chi connectivity index (χ0v) is 21.3. The van der Waals surface area contributed by atoms with Gasteiger partial charge in [0.15, 0.2) is 0 Å². The summed E-state index contributed by atoms with van der Waals surface area (Å²) in [5.74, 6) is 2.36. The Hall–Kier alpha value is 0.889. The van der Waals surface area contributed by atoms with E-state index in [-0.39, 0.29) is 0 Å². The molecule has 0 saturated carbocycles. The Morgan fingerprint density at radius 1 is 0.680 bits per heavy atom. The van der Waals surface area contributed by atoms with Gasteiger partial charge < -0.3 is 0 Å². The normalized spacial score (nSPS) is 15.3. The number of unbranched alkanes of at least 4 members (excludes halogenated alkanes) is 14. The van der Waals surface area contributed by atoms with Gasteiger partial charge in [0.25, 0.3) is 0 Å². The molecule has 0 atom stereocenters. The Morgan fingerprint density at radius 2 is 1.08 bits per heavy atom. The van der Waals surface area contributed by atoms with Crippen LogP contribution < -0.4 is 0 Å². The quantitative estimate of drug-likeness (QED) is 0.105. The first-order chi connectivity index (χ1) is 12.2. The molecule has 0 unspecified atom stereocenters. The van der Waals surface area contributed by atoms with E-state index in [9.17, 15) is 0 Å². The molecule has 1 rings (SSSR count). The minimum atomic E-state index is -0.772. The third kappa shape index (κ3) is 11.4. The van der Waals surface area contributed by atoms with Crippen LogP contribution in [0.3, 0.4) is 0 Å². The number of aliphatic imine (C=N–C) groups is 1. The molecular formula is C21H38Br2NSe. The molecule has 4 heteroatoms. The fourth-order valence-corrected chi connectivity index (χ4v) is 8.59. The van der Waals surface area contributed by atoms with Crippen molar-refractivity contribution in [1.29, 1.82) is 0 Å². The summed E-state index contributed by atoms with van der Waals surface area (Å²) in [4.78, 5) is 4.68. The summed E-state index contributed by atoms with van der Waals surface area (Å²) in [6.45, 7) is 2.29. The van der Waals surface area contributed by atoms with Gasteiger partial charge in [0.2, 0.25) is 0 Å². The maximum absolute atomic E-state index is 4.68. The Morgan fingerprint density at radius 3 is 1.44 bits per heavy atom. The first-order valence-electron chi connectivity index (χ1n) is 10.5. The van der Waals surface area contributed by atoms with Crippen LogP contribution in [0.2, 0.25) is 5.82 Å². The van der Waals surface area contributed by atoms with E-state index in [4.69, 9.17) is 0 Å². The van der Waals surface area contributed by atoms with Crippen LogP contribution in [0.15, 0.2) is 13.0 Å². The van der Waals surface area contributed by atoms with Crippen molar-refractivity contribution in [1.82, 2.24) is 0 Å². The monoisotopic (exact) mass is 542 g/mol. The van der Waals surface area contributed by atoms with Crippen molar-refractivity contribution in [2.75, 3.05) is 0 Å². The fourth-order valence-electron chi connectivity index (χ4n) is 3.31. The van der Waals surface area contributed by atoms with Crippen molar-refractivity contribution in [3.05, 3.63) is 7.99 Å². The van der Waals surface area contributed by atoms with E-state index in [0.29, 0.717) is 0 Å². The van der Waals surface area contributed by atoms with Gasteiger partial charge >= 0.3 is 140 Å². The Labute approximate surface area is 178 Å². The molecule has 147 valence electrons. The molecule has 0 bridgehead atoms. The maximum atomic E-state index is 4.68. The molecule has 0 N–H and O–H groups in total. The zero-order chi connectivity index (χ0) is 18.3. The Bertz CT molecular complexity index is 407. The standard InChI is InChI=1S/C21H38Br2NSe/c1-3-4-5-6-7-8-9-10-11-12-13-14-15-16-17-18-19-24-20(22)21(23)25(19)2/h3-18H2,1-2H3. The molecule has 0 aromatic carbocycles. The number of rotatable bonds is 16. The second-order valence-corrected chi connectivity index (χ2v) is 14.0. The Kier molecular flexibility index (Phi) is 15.2. The summed E-state index contributed by atoms with van der Waals surface area (Å²) < 4.78 is 3.85. The molecule has 1 aliphatic rings. The first-order valence-corrected chi connectivity index (χ1v) is 15.5. The molecule has 0 amide bonds. The zero-order valence-electron chi connectivity index (χ0n) is 16.4. The van der Waals surface area contributed by atoms with E-state index >= 15 is 0 Å². The molecule has 0 aliphatic carbocycles. The van der Waals surface area contributed by atoms with E-state index < -0.39 is 13.9 Å². The summed E-state index contributed by atoms with van der Waals surface area (Å²) in [6.07, 6.45) is 22.7. The molecule has 0 aromatic rings. The molecule has 25 heavy (non-hydrogen) atoms. The molecule has 0 fully saturated rings. The van der Waals surface area contributed by atoms with Gasteiger partial charge in [0.05, 0.1) is 0 Å². The van der Waals surface area contributed by atoms with Crippen LogP contribution in [-0.4, -0.2) is 18.5 Å². The molecular weight excluding hydrogens is 505 g/mol. The molecule has 0 spiro atoms. The van der Waals surface area contributed by atoms with Crippen molar-refractivity contribution in [3.63, 3.8) is 0 Å². The van der Waals surface area contributed by atoms with Gasteiger partial charge in [-0.05, 0) is 0 Å². The molecule has 1 heterocycles. The van der Waals surface area contributed by atoms with Crippen LogP contribution in [0.25, 0.3) is 0 Å². The van der Waals surface area contributed by atoms with Crippen LogP contribution in [0, 0.1) is 0 Å². The van der Waals surface area contributed by atoms with Crippen LogP contribution in [-0.2, 0) is 0 Å². The molecule has 0 saturated heterocycles. The summed E-state index contributed by atoms with van der Waals surface area (Å²) in [7, 11) is 0. The second kappa shape index (κ2) is 15.9. The number of hydrogen-bond donors (Lipinski definition) is 0. The third-order valence-corrected chi connectivity index (χ3v) is 13.2. The van der Waals surface area contributed by atoms with Gasteiger partial charge in [-0.15, -0.1) is 0 Å². The van der Waals surface area contributed by atoms with Crippen LogP contribution in [0.1, 0.15) is 110 Å².